The van der Waals surface area contributed by atoms with Crippen LogP contribution >= 0.6 is 0 Å². The van der Waals surface area contributed by atoms with E-state index < -0.39 is 14.4 Å². The second-order valence-corrected chi connectivity index (χ2v) is 10.9. The molecule has 4 heteroatoms. The van der Waals surface area contributed by atoms with Crippen molar-refractivity contribution in [3.05, 3.63) is 12.7 Å². The number of hydrogen-bond acceptors (Lipinski definition) is 3. The van der Waals surface area contributed by atoms with Crippen LogP contribution in [0.4, 0.5) is 0 Å². The van der Waals surface area contributed by atoms with E-state index in [1.54, 1.807) is 0 Å². The molecule has 1 unspecified atom stereocenters. The fraction of sp³-hybridized carbons (Fsp3) is 0.786. The Kier molecular flexibility index (Phi) is 6.85. The van der Waals surface area contributed by atoms with Crippen LogP contribution in [0.2, 0.25) is 18.1 Å². The molecule has 18 heavy (non-hydrogen) atoms. The Morgan fingerprint density at radius 2 is 1.94 bits per heavy atom. The monoisotopic (exact) mass is 272 g/mol. The number of carbonyl (C=O) groups is 1. The van der Waals surface area contributed by atoms with Crippen molar-refractivity contribution in [2.24, 2.45) is 0 Å². The number of hydrogen-bond donors (Lipinski definition) is 0. The van der Waals surface area contributed by atoms with Gasteiger partial charge in [-0.2, -0.15) is 0 Å². The average Bonchev–Trinajstić information content (AvgIpc) is 2.25. The van der Waals surface area contributed by atoms with Gasteiger partial charge in [-0.05, 0) is 37.4 Å². The van der Waals surface area contributed by atoms with Gasteiger partial charge in [0.15, 0.2) is 8.32 Å². The lowest BCUT2D eigenvalue weighted by molar-refractivity contribution is -0.149. The first-order chi connectivity index (χ1) is 8.15. The molecule has 0 aromatic carbocycles. The van der Waals surface area contributed by atoms with Gasteiger partial charge in [0.25, 0.3) is 0 Å². The van der Waals surface area contributed by atoms with E-state index in [4.69, 9.17) is 9.16 Å². The summed E-state index contributed by atoms with van der Waals surface area (Å²) in [5.74, 6) is -0.260. The number of rotatable bonds is 7. The van der Waals surface area contributed by atoms with Crippen molar-refractivity contribution in [1.82, 2.24) is 0 Å². The third kappa shape index (κ3) is 5.36. The van der Waals surface area contributed by atoms with Gasteiger partial charge in [0.1, 0.15) is 6.10 Å². The predicted octanol–water partition coefficient (Wildman–Crippen LogP) is 3.91. The summed E-state index contributed by atoms with van der Waals surface area (Å²) in [4.78, 5) is 11.8. The Morgan fingerprint density at radius 1 is 1.39 bits per heavy atom. The molecule has 1 atom stereocenters. The zero-order valence-electron chi connectivity index (χ0n) is 12.7. The highest BCUT2D eigenvalue weighted by Crippen LogP contribution is 2.37. The summed E-state index contributed by atoms with van der Waals surface area (Å²) < 4.78 is 11.0. The van der Waals surface area contributed by atoms with Crippen LogP contribution in [0.5, 0.6) is 0 Å². The normalized spacial score (nSPS) is 14.1. The summed E-state index contributed by atoms with van der Waals surface area (Å²) in [5.41, 5.74) is 0. The van der Waals surface area contributed by atoms with Crippen LogP contribution < -0.4 is 0 Å². The minimum atomic E-state index is -1.93. The highest BCUT2D eigenvalue weighted by Gasteiger charge is 2.40. The molecule has 106 valence electrons. The van der Waals surface area contributed by atoms with E-state index in [1.807, 2.05) is 6.08 Å². The van der Waals surface area contributed by atoms with Crippen molar-refractivity contribution < 1.29 is 14.0 Å². The number of unbranched alkanes of at least 4 members (excludes halogenated alkanes) is 1. The minimum Gasteiger partial charge on any atom is -0.467 e. The van der Waals surface area contributed by atoms with E-state index in [0.29, 0.717) is 6.42 Å². The fourth-order valence-electron chi connectivity index (χ4n) is 1.34. The molecule has 0 saturated carbocycles. The molecule has 0 N–H and O–H groups in total. The molecule has 0 aliphatic rings. The molecule has 0 amide bonds. The zero-order chi connectivity index (χ0) is 14.4. The topological polar surface area (TPSA) is 35.5 Å². The average molecular weight is 272 g/mol. The molecule has 0 aliphatic heterocycles. The molecule has 0 radical (unpaired) electrons. The molecule has 0 heterocycles. The minimum absolute atomic E-state index is 0.0949. The summed E-state index contributed by atoms with van der Waals surface area (Å²) in [6.07, 6.45) is 3.92. The zero-order valence-corrected chi connectivity index (χ0v) is 13.7. The van der Waals surface area contributed by atoms with Crippen LogP contribution in [-0.2, 0) is 14.0 Å². The van der Waals surface area contributed by atoms with Crippen LogP contribution in [-0.4, -0.2) is 27.5 Å². The Hall–Kier alpha value is -0.613. The maximum atomic E-state index is 11.8. The van der Waals surface area contributed by atoms with Gasteiger partial charge in [0, 0.05) is 0 Å². The Labute approximate surface area is 113 Å². The van der Waals surface area contributed by atoms with Crippen molar-refractivity contribution in [3.8, 4) is 0 Å². The highest BCUT2D eigenvalue weighted by atomic mass is 28.4. The third-order valence-electron chi connectivity index (χ3n) is 3.58. The second kappa shape index (κ2) is 7.09. The van der Waals surface area contributed by atoms with Gasteiger partial charge in [-0.3, -0.25) is 0 Å². The first-order valence-corrected chi connectivity index (χ1v) is 9.43. The molecule has 0 saturated heterocycles. The molecule has 0 bridgehead atoms. The van der Waals surface area contributed by atoms with Crippen LogP contribution in [0.25, 0.3) is 0 Å². The maximum absolute atomic E-state index is 11.8. The molecular formula is C14H28O3Si. The number of methoxy groups -OCH3 is 1. The van der Waals surface area contributed by atoms with Crippen molar-refractivity contribution in [3.63, 3.8) is 0 Å². The van der Waals surface area contributed by atoms with Crippen molar-refractivity contribution in [2.45, 2.75) is 64.3 Å². The molecule has 3 nitrogen and oxygen atoms in total. The van der Waals surface area contributed by atoms with Gasteiger partial charge >= 0.3 is 5.97 Å². The quantitative estimate of drug-likeness (QED) is 0.305. The summed E-state index contributed by atoms with van der Waals surface area (Å²) in [6.45, 7) is 14.5. The van der Waals surface area contributed by atoms with E-state index in [2.05, 4.69) is 40.4 Å². The highest BCUT2D eigenvalue weighted by molar-refractivity contribution is 6.74. The number of carbonyl (C=O) groups excluding carboxylic acids is 1. The number of esters is 1. The smallest absolute Gasteiger partial charge is 0.333 e. The fourth-order valence-corrected chi connectivity index (χ4v) is 2.62. The molecular weight excluding hydrogens is 244 g/mol. The Balaban J connectivity index is 4.68. The lowest BCUT2D eigenvalue weighted by Gasteiger charge is -2.38. The summed E-state index contributed by atoms with van der Waals surface area (Å²) in [7, 11) is -0.519. The van der Waals surface area contributed by atoms with Gasteiger partial charge in [-0.25, -0.2) is 4.79 Å². The number of allylic oxidation sites excluding steroid dienone is 1. The Bertz CT molecular complexity index is 279. The van der Waals surface area contributed by atoms with Gasteiger partial charge < -0.3 is 9.16 Å². The second-order valence-electron chi connectivity index (χ2n) is 6.11. The standard InChI is InChI=1S/C14H28O3Si/c1-8-9-10-11-12(13(15)16-5)17-18(6,7)14(2,3)4/h8,12H,1,9-11H2,2-7H3. The van der Waals surface area contributed by atoms with E-state index in [0.717, 1.165) is 12.8 Å². The van der Waals surface area contributed by atoms with Gasteiger partial charge in [0.05, 0.1) is 7.11 Å². The molecule has 0 spiro atoms. The summed E-state index contributed by atoms with van der Waals surface area (Å²) >= 11 is 0. The van der Waals surface area contributed by atoms with E-state index >= 15 is 0 Å². The first kappa shape index (κ1) is 17.4. The van der Waals surface area contributed by atoms with Gasteiger partial charge in [0.2, 0.25) is 0 Å². The SMILES string of the molecule is C=CCCCC(O[Si](C)(C)C(C)(C)C)C(=O)OC. The largest absolute Gasteiger partial charge is 0.467 e. The third-order valence-corrected chi connectivity index (χ3v) is 8.07. The first-order valence-electron chi connectivity index (χ1n) is 6.52. The molecule has 0 fully saturated rings. The van der Waals surface area contributed by atoms with Crippen LogP contribution in [0.15, 0.2) is 12.7 Å². The van der Waals surface area contributed by atoms with Crippen LogP contribution in [0, 0.1) is 0 Å². The lowest BCUT2D eigenvalue weighted by atomic mass is 10.1. The molecule has 0 rings (SSSR count). The van der Waals surface area contributed by atoms with Crippen molar-refractivity contribution in [2.75, 3.05) is 7.11 Å². The predicted molar refractivity (Wildman–Crippen MR) is 78.1 cm³/mol. The van der Waals surface area contributed by atoms with Crippen LogP contribution in [0.3, 0.4) is 0 Å². The summed E-state index contributed by atoms with van der Waals surface area (Å²) in [6, 6.07) is 0. The van der Waals surface area contributed by atoms with Crippen molar-refractivity contribution in [1.29, 1.82) is 0 Å². The van der Waals surface area contributed by atoms with Crippen LogP contribution in [0.1, 0.15) is 40.0 Å². The Morgan fingerprint density at radius 3 is 2.33 bits per heavy atom. The van der Waals surface area contributed by atoms with Gasteiger partial charge in [-0.15, -0.1) is 6.58 Å². The van der Waals surface area contributed by atoms with Crippen molar-refractivity contribution >= 4 is 14.3 Å². The molecule has 0 aromatic rings. The van der Waals surface area contributed by atoms with E-state index in [-0.39, 0.29) is 11.0 Å². The van der Waals surface area contributed by atoms with E-state index in [1.165, 1.54) is 7.11 Å². The summed E-state index contributed by atoms with van der Waals surface area (Å²) in [5, 5.41) is 0.0949. The lowest BCUT2D eigenvalue weighted by Crippen LogP contribution is -2.46. The molecule has 0 aliphatic carbocycles. The maximum Gasteiger partial charge on any atom is 0.333 e. The number of ether oxygens (including phenoxy) is 1. The molecule has 0 aromatic heterocycles. The van der Waals surface area contributed by atoms with Gasteiger partial charge in [-0.1, -0.05) is 26.8 Å². The van der Waals surface area contributed by atoms with E-state index in [9.17, 15) is 4.79 Å².